The van der Waals surface area contributed by atoms with Gasteiger partial charge in [0.2, 0.25) is 0 Å². The Morgan fingerprint density at radius 2 is 1.89 bits per heavy atom. The molecule has 0 amide bonds. The van der Waals surface area contributed by atoms with Gasteiger partial charge in [-0.05, 0) is 37.8 Å². The fourth-order valence-corrected chi connectivity index (χ4v) is 4.80. The Balaban J connectivity index is 0.00000120. The topological polar surface area (TPSA) is 59.1 Å². The summed E-state index contributed by atoms with van der Waals surface area (Å²) in [6, 6.07) is 4.12. The predicted molar refractivity (Wildman–Crippen MR) is 71.6 cm³/mol. The van der Waals surface area contributed by atoms with Crippen LogP contribution in [-0.4, -0.2) is 30.7 Å². The van der Waals surface area contributed by atoms with Crippen LogP contribution in [0.3, 0.4) is 0 Å². The lowest BCUT2D eigenvalue weighted by Crippen LogP contribution is -2.43. The summed E-state index contributed by atoms with van der Waals surface area (Å²) in [4.78, 5) is 4.27. The van der Waals surface area contributed by atoms with E-state index in [0.29, 0.717) is 17.0 Å². The number of piperidine rings is 1. The van der Waals surface area contributed by atoms with Crippen molar-refractivity contribution in [3.63, 3.8) is 0 Å². The van der Waals surface area contributed by atoms with E-state index in [2.05, 4.69) is 10.3 Å². The first-order valence-electron chi connectivity index (χ1n) is 6.06. The summed E-state index contributed by atoms with van der Waals surface area (Å²) >= 11 is 0. The molecule has 3 heterocycles. The highest BCUT2D eigenvalue weighted by molar-refractivity contribution is 7.92. The van der Waals surface area contributed by atoms with Gasteiger partial charge in [-0.15, -0.1) is 12.4 Å². The van der Waals surface area contributed by atoms with Crippen molar-refractivity contribution >= 4 is 22.2 Å². The molecule has 4 nitrogen and oxygen atoms in total. The third-order valence-corrected chi connectivity index (χ3v) is 5.99. The zero-order valence-corrected chi connectivity index (χ0v) is 11.6. The van der Waals surface area contributed by atoms with E-state index in [1.165, 1.54) is 6.20 Å². The first-order valence-corrected chi connectivity index (χ1v) is 7.61. The standard InChI is InChI=1S/C12H16N2O2S.ClH/c15-17(16,11-2-1-5-13-8-11)12-6-9-3-4-10(7-12)14-9;/h1-2,5,8-10,12,14H,3-4,6-7H2;1H/t9-,10+,12?;. The van der Waals surface area contributed by atoms with Crippen LogP contribution in [-0.2, 0) is 9.84 Å². The van der Waals surface area contributed by atoms with E-state index in [9.17, 15) is 8.42 Å². The van der Waals surface area contributed by atoms with Crippen molar-refractivity contribution in [3.05, 3.63) is 24.5 Å². The smallest absolute Gasteiger partial charge is 0.182 e. The van der Waals surface area contributed by atoms with Crippen LogP contribution >= 0.6 is 12.4 Å². The second-order valence-corrected chi connectivity index (χ2v) is 7.19. The summed E-state index contributed by atoms with van der Waals surface area (Å²) in [5.74, 6) is 0. The highest BCUT2D eigenvalue weighted by Crippen LogP contribution is 2.33. The number of hydrogen-bond acceptors (Lipinski definition) is 4. The van der Waals surface area contributed by atoms with Gasteiger partial charge in [0, 0.05) is 24.5 Å². The van der Waals surface area contributed by atoms with E-state index in [-0.39, 0.29) is 17.7 Å². The molecule has 2 aliphatic rings. The maximum absolute atomic E-state index is 12.4. The number of nitrogens with one attached hydrogen (secondary N) is 1. The monoisotopic (exact) mass is 288 g/mol. The molecule has 1 unspecified atom stereocenters. The van der Waals surface area contributed by atoms with E-state index in [0.717, 1.165) is 25.7 Å². The number of aromatic nitrogens is 1. The molecule has 1 aromatic rings. The van der Waals surface area contributed by atoms with Crippen molar-refractivity contribution in [2.24, 2.45) is 0 Å². The lowest BCUT2D eigenvalue weighted by molar-refractivity contribution is 0.401. The lowest BCUT2D eigenvalue weighted by Gasteiger charge is -2.28. The van der Waals surface area contributed by atoms with Crippen LogP contribution in [0, 0.1) is 0 Å². The summed E-state index contributed by atoms with van der Waals surface area (Å²) in [5.41, 5.74) is 0. The van der Waals surface area contributed by atoms with E-state index in [1.807, 2.05) is 0 Å². The number of sulfone groups is 1. The van der Waals surface area contributed by atoms with E-state index >= 15 is 0 Å². The average Bonchev–Trinajstić information content (AvgIpc) is 2.69. The molecule has 1 N–H and O–H groups in total. The Morgan fingerprint density at radius 3 is 2.44 bits per heavy atom. The van der Waals surface area contributed by atoms with Gasteiger partial charge in [0.25, 0.3) is 0 Å². The van der Waals surface area contributed by atoms with Gasteiger partial charge in [0.15, 0.2) is 9.84 Å². The summed E-state index contributed by atoms with van der Waals surface area (Å²) in [7, 11) is -3.19. The van der Waals surface area contributed by atoms with Crippen molar-refractivity contribution in [1.29, 1.82) is 0 Å². The quantitative estimate of drug-likeness (QED) is 0.897. The highest BCUT2D eigenvalue weighted by atomic mass is 35.5. The number of pyridine rings is 1. The van der Waals surface area contributed by atoms with Gasteiger partial charge in [0.1, 0.15) is 0 Å². The Labute approximate surface area is 114 Å². The molecule has 2 fully saturated rings. The van der Waals surface area contributed by atoms with Crippen LogP contribution in [0.15, 0.2) is 29.4 Å². The van der Waals surface area contributed by atoms with Gasteiger partial charge in [-0.25, -0.2) is 8.42 Å². The van der Waals surface area contributed by atoms with Crippen LogP contribution in [0.4, 0.5) is 0 Å². The molecule has 0 aromatic carbocycles. The fourth-order valence-electron chi connectivity index (χ4n) is 2.97. The summed E-state index contributed by atoms with van der Waals surface area (Å²) in [5, 5.41) is 3.23. The van der Waals surface area contributed by atoms with Crippen molar-refractivity contribution in [2.45, 2.75) is 47.9 Å². The van der Waals surface area contributed by atoms with E-state index < -0.39 is 9.84 Å². The molecule has 0 radical (unpaired) electrons. The molecule has 2 saturated heterocycles. The van der Waals surface area contributed by atoms with Crippen LogP contribution in [0.25, 0.3) is 0 Å². The number of fused-ring (bicyclic) bond motifs is 2. The molecular formula is C12H17ClN2O2S. The number of hydrogen-bond donors (Lipinski definition) is 1. The normalized spacial score (nSPS) is 30.8. The summed E-state index contributed by atoms with van der Waals surface area (Å²) < 4.78 is 24.9. The third-order valence-electron chi connectivity index (χ3n) is 3.83. The van der Waals surface area contributed by atoms with Crippen molar-refractivity contribution in [3.8, 4) is 0 Å². The lowest BCUT2D eigenvalue weighted by atomic mass is 10.1. The first-order chi connectivity index (χ1) is 8.16. The van der Waals surface area contributed by atoms with Gasteiger partial charge in [-0.3, -0.25) is 4.98 Å². The van der Waals surface area contributed by atoms with E-state index in [4.69, 9.17) is 0 Å². The van der Waals surface area contributed by atoms with Gasteiger partial charge >= 0.3 is 0 Å². The second-order valence-electron chi connectivity index (χ2n) is 4.97. The highest BCUT2D eigenvalue weighted by Gasteiger charge is 2.40. The predicted octanol–water partition coefficient (Wildman–Crippen LogP) is 1.56. The Hall–Kier alpha value is -0.650. The Kier molecular flexibility index (Phi) is 3.94. The molecule has 3 rings (SSSR count). The molecule has 0 spiro atoms. The SMILES string of the molecule is Cl.O=S(=O)(c1cccnc1)C1C[C@H]2CC[C@@H](C1)N2. The van der Waals surface area contributed by atoms with Crippen LogP contribution < -0.4 is 5.32 Å². The Bertz CT molecular complexity index is 494. The Morgan fingerprint density at radius 1 is 1.22 bits per heavy atom. The first kappa shape index (κ1) is 13.8. The maximum Gasteiger partial charge on any atom is 0.182 e. The average molecular weight is 289 g/mol. The molecule has 6 heteroatoms. The largest absolute Gasteiger partial charge is 0.311 e. The van der Waals surface area contributed by atoms with E-state index in [1.54, 1.807) is 18.3 Å². The second kappa shape index (κ2) is 5.15. The maximum atomic E-state index is 12.4. The molecule has 2 aliphatic heterocycles. The fraction of sp³-hybridized carbons (Fsp3) is 0.583. The van der Waals surface area contributed by atoms with Crippen LogP contribution in [0.5, 0.6) is 0 Å². The minimum atomic E-state index is -3.19. The molecular weight excluding hydrogens is 272 g/mol. The molecule has 0 saturated carbocycles. The third kappa shape index (κ3) is 2.39. The van der Waals surface area contributed by atoms with Gasteiger partial charge in [-0.2, -0.15) is 0 Å². The van der Waals surface area contributed by atoms with Crippen LogP contribution in [0.1, 0.15) is 25.7 Å². The van der Waals surface area contributed by atoms with Crippen LogP contribution in [0.2, 0.25) is 0 Å². The number of nitrogens with zero attached hydrogens (tertiary/aromatic N) is 1. The van der Waals surface area contributed by atoms with Gasteiger partial charge in [0.05, 0.1) is 10.1 Å². The molecule has 3 atom stereocenters. The molecule has 1 aromatic heterocycles. The van der Waals surface area contributed by atoms with Crippen molar-refractivity contribution < 1.29 is 8.42 Å². The molecule has 18 heavy (non-hydrogen) atoms. The minimum absolute atomic E-state index is 0. The zero-order chi connectivity index (χ0) is 11.9. The van der Waals surface area contributed by atoms with Gasteiger partial charge < -0.3 is 5.32 Å². The molecule has 0 aliphatic carbocycles. The molecule has 2 bridgehead atoms. The number of rotatable bonds is 2. The zero-order valence-electron chi connectivity index (χ0n) is 9.95. The molecule has 100 valence electrons. The number of halogens is 1. The summed E-state index contributed by atoms with van der Waals surface area (Å²) in [6.07, 6.45) is 6.78. The van der Waals surface area contributed by atoms with Gasteiger partial charge in [-0.1, -0.05) is 0 Å². The van der Waals surface area contributed by atoms with Crippen molar-refractivity contribution in [2.75, 3.05) is 0 Å². The summed E-state index contributed by atoms with van der Waals surface area (Å²) in [6.45, 7) is 0. The van der Waals surface area contributed by atoms with Crippen molar-refractivity contribution in [1.82, 2.24) is 10.3 Å². The minimum Gasteiger partial charge on any atom is -0.311 e.